The molecule has 0 spiro atoms. The molecule has 0 aliphatic heterocycles. The molecule has 10 heteroatoms. The van der Waals surface area contributed by atoms with Gasteiger partial charge in [0.25, 0.3) is 0 Å². The summed E-state index contributed by atoms with van der Waals surface area (Å²) in [6.07, 6.45) is 41.5. The van der Waals surface area contributed by atoms with Crippen molar-refractivity contribution >= 4 is 19.8 Å². The van der Waals surface area contributed by atoms with E-state index in [1.165, 1.54) is 77.0 Å². The summed E-state index contributed by atoms with van der Waals surface area (Å²) in [5, 5.41) is 0. The topological polar surface area (TPSA) is 112 Å². The number of hydrogen-bond donors (Lipinski definition) is 1. The molecule has 0 bridgehead atoms. The fourth-order valence-electron chi connectivity index (χ4n) is 5.38. The molecule has 0 aromatic carbocycles. The van der Waals surface area contributed by atoms with Crippen molar-refractivity contribution in [2.75, 3.05) is 40.5 Å². The molecule has 0 aromatic rings. The highest BCUT2D eigenvalue weighted by Gasteiger charge is 2.26. The Labute approximate surface area is 324 Å². The van der Waals surface area contributed by atoms with Gasteiger partial charge in [0.1, 0.15) is 6.61 Å². The van der Waals surface area contributed by atoms with E-state index in [1.54, 1.807) is 0 Å². The highest BCUT2D eigenvalue weighted by Crippen LogP contribution is 2.43. The van der Waals surface area contributed by atoms with Crippen molar-refractivity contribution < 1.29 is 37.6 Å². The van der Waals surface area contributed by atoms with Gasteiger partial charge in [-0.05, 0) is 71.9 Å². The number of esters is 2. The largest absolute Gasteiger partial charge is 0.472 e. The summed E-state index contributed by atoms with van der Waals surface area (Å²) in [5.74, 6) is -0.840. The number of phosphoric acid groups is 1. The fraction of sp³-hybridized carbons (Fsp3) is 0.767. The van der Waals surface area contributed by atoms with E-state index in [-0.39, 0.29) is 32.0 Å². The Balaban J connectivity index is 4.38. The molecule has 0 radical (unpaired) electrons. The van der Waals surface area contributed by atoms with E-state index in [1.807, 2.05) is 19.0 Å². The predicted octanol–water partition coefficient (Wildman–Crippen LogP) is 11.8. The molecule has 308 valence electrons. The van der Waals surface area contributed by atoms with Gasteiger partial charge in [0.2, 0.25) is 0 Å². The van der Waals surface area contributed by atoms with Crippen LogP contribution in [-0.2, 0) is 32.7 Å². The minimum Gasteiger partial charge on any atom is -0.462 e. The van der Waals surface area contributed by atoms with Gasteiger partial charge < -0.3 is 19.3 Å². The number of hydrogen-bond acceptors (Lipinski definition) is 8. The Kier molecular flexibility index (Phi) is 36.8. The van der Waals surface area contributed by atoms with Crippen molar-refractivity contribution in [3.05, 3.63) is 48.6 Å². The number of phosphoric ester groups is 1. The number of carbonyl (C=O) groups is 2. The van der Waals surface area contributed by atoms with Crippen LogP contribution in [0.5, 0.6) is 0 Å². The second-order valence-corrected chi connectivity index (χ2v) is 15.6. The first kappa shape index (κ1) is 51.0. The van der Waals surface area contributed by atoms with E-state index in [0.29, 0.717) is 13.0 Å². The Morgan fingerprint density at radius 2 is 1.02 bits per heavy atom. The summed E-state index contributed by atoms with van der Waals surface area (Å²) in [4.78, 5) is 36.9. The number of rotatable bonds is 38. The minimum atomic E-state index is -4.37. The number of ether oxygens (including phenoxy) is 2. The van der Waals surface area contributed by atoms with Crippen LogP contribution in [0.15, 0.2) is 48.6 Å². The van der Waals surface area contributed by atoms with Crippen molar-refractivity contribution in [2.24, 2.45) is 0 Å². The first-order valence-corrected chi connectivity index (χ1v) is 22.4. The van der Waals surface area contributed by atoms with Crippen LogP contribution in [0, 0.1) is 0 Å². The van der Waals surface area contributed by atoms with Gasteiger partial charge in [-0.2, -0.15) is 0 Å². The molecule has 2 atom stereocenters. The number of carbonyl (C=O) groups excluding carboxylic acids is 2. The van der Waals surface area contributed by atoms with E-state index >= 15 is 0 Å². The second kappa shape index (κ2) is 38.3. The maximum Gasteiger partial charge on any atom is 0.472 e. The zero-order chi connectivity index (χ0) is 39.1. The number of allylic oxidation sites excluding steroid dienone is 8. The van der Waals surface area contributed by atoms with Crippen LogP contribution < -0.4 is 0 Å². The Morgan fingerprint density at radius 1 is 0.585 bits per heavy atom. The number of unbranched alkanes of at least 4 members (excludes halogenated alkanes) is 16. The predicted molar refractivity (Wildman–Crippen MR) is 220 cm³/mol. The van der Waals surface area contributed by atoms with Gasteiger partial charge in [0.05, 0.1) is 13.2 Å². The van der Waals surface area contributed by atoms with E-state index in [2.05, 4.69) is 62.5 Å². The zero-order valence-electron chi connectivity index (χ0n) is 34.2. The summed E-state index contributed by atoms with van der Waals surface area (Å²) in [6, 6.07) is 0. The molecule has 0 aliphatic carbocycles. The monoisotopic (exact) mass is 768 g/mol. The summed E-state index contributed by atoms with van der Waals surface area (Å²) in [7, 11) is -0.730. The van der Waals surface area contributed by atoms with E-state index < -0.39 is 26.5 Å². The van der Waals surface area contributed by atoms with Crippen LogP contribution in [0.4, 0.5) is 0 Å². The lowest BCUT2D eigenvalue weighted by atomic mass is 10.1. The van der Waals surface area contributed by atoms with Crippen molar-refractivity contribution in [3.63, 3.8) is 0 Å². The molecule has 9 nitrogen and oxygen atoms in total. The van der Waals surface area contributed by atoms with E-state index in [0.717, 1.165) is 57.8 Å². The van der Waals surface area contributed by atoms with Gasteiger partial charge in [0, 0.05) is 19.4 Å². The molecule has 0 saturated carbocycles. The summed E-state index contributed by atoms with van der Waals surface area (Å²) < 4.78 is 33.4. The molecule has 0 rings (SSSR count). The van der Waals surface area contributed by atoms with Crippen LogP contribution in [0.3, 0.4) is 0 Å². The quantitative estimate of drug-likeness (QED) is 0.0284. The van der Waals surface area contributed by atoms with Crippen LogP contribution in [0.2, 0.25) is 0 Å². The molecule has 0 aliphatic rings. The Hall–Kier alpha value is -2.03. The Bertz CT molecular complexity index is 1030. The summed E-state index contributed by atoms with van der Waals surface area (Å²) >= 11 is 0. The molecule has 53 heavy (non-hydrogen) atoms. The minimum absolute atomic E-state index is 0.000234. The van der Waals surface area contributed by atoms with Gasteiger partial charge in [0.15, 0.2) is 6.10 Å². The summed E-state index contributed by atoms with van der Waals surface area (Å²) in [6.45, 7) is 4.24. The third kappa shape index (κ3) is 39.5. The zero-order valence-corrected chi connectivity index (χ0v) is 35.1. The molecule has 0 heterocycles. The maximum atomic E-state index is 12.6. The van der Waals surface area contributed by atoms with Crippen LogP contribution in [-0.4, -0.2) is 68.3 Å². The highest BCUT2D eigenvalue weighted by molar-refractivity contribution is 7.47. The lowest BCUT2D eigenvalue weighted by molar-refractivity contribution is -0.161. The smallest absolute Gasteiger partial charge is 0.462 e. The van der Waals surface area contributed by atoms with Crippen molar-refractivity contribution in [1.82, 2.24) is 4.90 Å². The lowest BCUT2D eigenvalue weighted by Crippen LogP contribution is -2.29. The van der Waals surface area contributed by atoms with Gasteiger partial charge in [-0.1, -0.05) is 146 Å². The van der Waals surface area contributed by atoms with Gasteiger partial charge >= 0.3 is 19.8 Å². The standard InChI is InChI=1S/C43H78NO8P/c1-5-7-9-11-13-15-17-18-19-20-21-22-23-24-26-28-30-32-34-36-43(46)52-41(40-51-53(47,48)50-38-37-44(3)4)39-49-42(45)35-33-31-29-27-25-16-14-12-10-8-6-2/h13,15,18-19,21-22,24,26,41H,5-12,14,16-17,20,23,25,27-40H2,1-4H3,(H,47,48)/b15-13-,19-18-,22-21-,26-24-. The van der Waals surface area contributed by atoms with Crippen molar-refractivity contribution in [1.29, 1.82) is 0 Å². The van der Waals surface area contributed by atoms with Gasteiger partial charge in [-0.3, -0.25) is 18.6 Å². The Morgan fingerprint density at radius 3 is 1.55 bits per heavy atom. The van der Waals surface area contributed by atoms with Crippen LogP contribution >= 0.6 is 7.82 Å². The van der Waals surface area contributed by atoms with Crippen LogP contribution in [0.25, 0.3) is 0 Å². The lowest BCUT2D eigenvalue weighted by Gasteiger charge is -2.20. The van der Waals surface area contributed by atoms with Crippen LogP contribution in [0.1, 0.15) is 168 Å². The number of likely N-dealkylation sites (N-methyl/N-ethyl adjacent to an activating group) is 1. The van der Waals surface area contributed by atoms with Gasteiger partial charge in [-0.25, -0.2) is 4.57 Å². The average molecular weight is 768 g/mol. The van der Waals surface area contributed by atoms with Crippen molar-refractivity contribution in [2.45, 2.75) is 174 Å². The first-order chi connectivity index (χ1) is 25.7. The molecule has 0 fully saturated rings. The normalized spacial score (nSPS) is 13.9. The molecule has 0 amide bonds. The highest BCUT2D eigenvalue weighted by atomic mass is 31.2. The van der Waals surface area contributed by atoms with E-state index in [9.17, 15) is 19.0 Å². The molecule has 0 aromatic heterocycles. The number of nitrogens with zero attached hydrogens (tertiary/aromatic N) is 1. The third-order valence-electron chi connectivity index (χ3n) is 8.64. The average Bonchev–Trinajstić information content (AvgIpc) is 3.12. The SMILES string of the molecule is CCCCC/C=C\C/C=C\C/C=C\C/C=C\CCCCCC(=O)OC(COC(=O)CCCCCCCCCCCCC)COP(=O)(O)OCCN(C)C. The van der Waals surface area contributed by atoms with E-state index in [4.69, 9.17) is 18.5 Å². The van der Waals surface area contributed by atoms with Gasteiger partial charge in [-0.15, -0.1) is 0 Å². The first-order valence-electron chi connectivity index (χ1n) is 20.9. The molecule has 2 unspecified atom stereocenters. The molecule has 0 saturated heterocycles. The third-order valence-corrected chi connectivity index (χ3v) is 9.62. The summed E-state index contributed by atoms with van der Waals surface area (Å²) in [5.41, 5.74) is 0. The molecular formula is C43H78NO8P. The second-order valence-electron chi connectivity index (χ2n) is 14.2. The maximum absolute atomic E-state index is 12.6. The van der Waals surface area contributed by atoms with Crippen molar-refractivity contribution in [3.8, 4) is 0 Å². The molecule has 1 N–H and O–H groups in total. The fourth-order valence-corrected chi connectivity index (χ4v) is 6.12. The molecular weight excluding hydrogens is 689 g/mol.